The Labute approximate surface area is 150 Å². The Morgan fingerprint density at radius 1 is 1.16 bits per heavy atom. The number of amides is 1. The average molecular weight is 337 g/mol. The van der Waals surface area contributed by atoms with Gasteiger partial charge in [0.05, 0.1) is 0 Å². The van der Waals surface area contributed by atoms with E-state index in [1.54, 1.807) is 0 Å². The van der Waals surface area contributed by atoms with Gasteiger partial charge in [-0.2, -0.15) is 0 Å². The standard InChI is InChI=1S/C22H27NO2/c1-16-11-12-18(22(2,3)4)20(14-16)25-15-21(24)23-13-7-9-17-8-5-6-10-19(17)23/h5-6,8,10-12,14H,7,9,13,15H2,1-4H3. The molecule has 3 heteroatoms. The lowest BCUT2D eigenvalue weighted by Gasteiger charge is -2.30. The average Bonchev–Trinajstić information content (AvgIpc) is 2.58. The van der Waals surface area contributed by atoms with Gasteiger partial charge in [0.25, 0.3) is 5.91 Å². The van der Waals surface area contributed by atoms with Crippen LogP contribution in [0.2, 0.25) is 0 Å². The summed E-state index contributed by atoms with van der Waals surface area (Å²) in [5.41, 5.74) is 4.52. The van der Waals surface area contributed by atoms with Gasteiger partial charge in [-0.3, -0.25) is 4.79 Å². The number of rotatable bonds is 3. The summed E-state index contributed by atoms with van der Waals surface area (Å²) in [5.74, 6) is 0.833. The fourth-order valence-corrected chi connectivity index (χ4v) is 3.38. The Morgan fingerprint density at radius 2 is 1.92 bits per heavy atom. The zero-order valence-electron chi connectivity index (χ0n) is 15.6. The molecule has 0 unspecified atom stereocenters. The van der Waals surface area contributed by atoms with Crippen molar-refractivity contribution in [3.05, 3.63) is 59.2 Å². The molecular weight excluding hydrogens is 310 g/mol. The number of hydrogen-bond donors (Lipinski definition) is 0. The molecule has 1 aliphatic rings. The first-order chi connectivity index (χ1) is 11.9. The molecule has 0 saturated heterocycles. The molecule has 2 aromatic rings. The molecule has 0 N–H and O–H groups in total. The minimum Gasteiger partial charge on any atom is -0.483 e. The van der Waals surface area contributed by atoms with Crippen molar-refractivity contribution in [2.24, 2.45) is 0 Å². The third-order valence-electron chi connectivity index (χ3n) is 4.71. The van der Waals surface area contributed by atoms with Gasteiger partial charge >= 0.3 is 0 Å². The van der Waals surface area contributed by atoms with Gasteiger partial charge in [-0.1, -0.05) is 51.1 Å². The van der Waals surface area contributed by atoms with Crippen molar-refractivity contribution in [3.63, 3.8) is 0 Å². The molecule has 132 valence electrons. The fourth-order valence-electron chi connectivity index (χ4n) is 3.38. The molecule has 25 heavy (non-hydrogen) atoms. The first-order valence-electron chi connectivity index (χ1n) is 8.98. The van der Waals surface area contributed by atoms with E-state index in [-0.39, 0.29) is 17.9 Å². The van der Waals surface area contributed by atoms with Crippen LogP contribution in [0.1, 0.15) is 43.9 Å². The van der Waals surface area contributed by atoms with E-state index >= 15 is 0 Å². The lowest BCUT2D eigenvalue weighted by atomic mass is 9.86. The van der Waals surface area contributed by atoms with Gasteiger partial charge in [-0.05, 0) is 54.0 Å². The van der Waals surface area contributed by atoms with Gasteiger partial charge in [0, 0.05) is 12.2 Å². The number of benzene rings is 2. The highest BCUT2D eigenvalue weighted by Crippen LogP contribution is 2.32. The Hall–Kier alpha value is -2.29. The molecule has 0 bridgehead atoms. The number of ether oxygens (including phenoxy) is 1. The maximum Gasteiger partial charge on any atom is 0.264 e. The third-order valence-corrected chi connectivity index (χ3v) is 4.71. The Bertz CT molecular complexity index is 774. The molecule has 0 radical (unpaired) electrons. The van der Waals surface area contributed by atoms with Gasteiger partial charge in [0.2, 0.25) is 0 Å². The minimum atomic E-state index is -0.0240. The van der Waals surface area contributed by atoms with Crippen LogP contribution >= 0.6 is 0 Å². The second kappa shape index (κ2) is 6.91. The predicted molar refractivity (Wildman–Crippen MR) is 102 cm³/mol. The topological polar surface area (TPSA) is 29.5 Å². The highest BCUT2D eigenvalue weighted by atomic mass is 16.5. The SMILES string of the molecule is Cc1ccc(C(C)(C)C)c(OCC(=O)N2CCCc3ccccc32)c1. The van der Waals surface area contributed by atoms with Crippen LogP contribution in [0.15, 0.2) is 42.5 Å². The molecular formula is C22H27NO2. The molecule has 0 spiro atoms. The minimum absolute atomic E-state index is 0.0218. The molecule has 2 aromatic carbocycles. The van der Waals surface area contributed by atoms with Crippen LogP contribution < -0.4 is 9.64 Å². The van der Waals surface area contributed by atoms with Crippen molar-refractivity contribution in [3.8, 4) is 5.75 Å². The van der Waals surface area contributed by atoms with Crippen molar-refractivity contribution in [1.82, 2.24) is 0 Å². The molecule has 0 atom stereocenters. The zero-order chi connectivity index (χ0) is 18.0. The van der Waals surface area contributed by atoms with Crippen LogP contribution in [0.4, 0.5) is 5.69 Å². The van der Waals surface area contributed by atoms with Gasteiger partial charge in [0.1, 0.15) is 5.75 Å². The largest absolute Gasteiger partial charge is 0.483 e. The van der Waals surface area contributed by atoms with E-state index in [9.17, 15) is 4.79 Å². The number of anilines is 1. The van der Waals surface area contributed by atoms with Crippen molar-refractivity contribution in [2.45, 2.75) is 46.0 Å². The summed E-state index contributed by atoms with van der Waals surface area (Å²) >= 11 is 0. The van der Waals surface area contributed by atoms with E-state index in [0.29, 0.717) is 0 Å². The van der Waals surface area contributed by atoms with E-state index in [0.717, 1.165) is 42.0 Å². The summed E-state index contributed by atoms with van der Waals surface area (Å²) in [6.45, 7) is 9.36. The number of carbonyl (C=O) groups is 1. The number of para-hydroxylation sites is 1. The molecule has 3 rings (SSSR count). The van der Waals surface area contributed by atoms with Gasteiger partial charge in [-0.15, -0.1) is 0 Å². The van der Waals surface area contributed by atoms with E-state index in [2.05, 4.69) is 39.0 Å². The van der Waals surface area contributed by atoms with E-state index < -0.39 is 0 Å². The van der Waals surface area contributed by atoms with Gasteiger partial charge < -0.3 is 9.64 Å². The van der Waals surface area contributed by atoms with Crippen LogP contribution in [0, 0.1) is 6.92 Å². The number of aryl methyl sites for hydroxylation is 2. The van der Waals surface area contributed by atoms with Crippen molar-refractivity contribution < 1.29 is 9.53 Å². The Morgan fingerprint density at radius 3 is 2.68 bits per heavy atom. The highest BCUT2D eigenvalue weighted by molar-refractivity contribution is 5.95. The van der Waals surface area contributed by atoms with Crippen molar-refractivity contribution in [1.29, 1.82) is 0 Å². The molecule has 0 aliphatic carbocycles. The Balaban J connectivity index is 1.77. The van der Waals surface area contributed by atoms with Crippen LogP contribution in [0.25, 0.3) is 0 Å². The Kier molecular flexibility index (Phi) is 4.85. The molecule has 0 fully saturated rings. The van der Waals surface area contributed by atoms with Crippen LogP contribution in [0.5, 0.6) is 5.75 Å². The second-order valence-electron chi connectivity index (χ2n) is 7.82. The van der Waals surface area contributed by atoms with E-state index in [1.165, 1.54) is 5.56 Å². The molecule has 1 heterocycles. The number of carbonyl (C=O) groups excluding carboxylic acids is 1. The summed E-state index contributed by atoms with van der Waals surface area (Å²) in [6.07, 6.45) is 2.04. The number of fused-ring (bicyclic) bond motifs is 1. The van der Waals surface area contributed by atoms with Gasteiger partial charge in [-0.25, -0.2) is 0 Å². The lowest BCUT2D eigenvalue weighted by molar-refractivity contribution is -0.120. The quantitative estimate of drug-likeness (QED) is 0.816. The summed E-state index contributed by atoms with van der Waals surface area (Å²) in [6, 6.07) is 14.4. The lowest BCUT2D eigenvalue weighted by Crippen LogP contribution is -2.38. The van der Waals surface area contributed by atoms with E-state index in [1.807, 2.05) is 36.1 Å². The predicted octanol–water partition coefficient (Wildman–Crippen LogP) is 4.65. The number of nitrogens with zero attached hydrogens (tertiary/aromatic N) is 1. The van der Waals surface area contributed by atoms with Gasteiger partial charge in [0.15, 0.2) is 6.61 Å². The maximum atomic E-state index is 12.8. The summed E-state index contributed by atoms with van der Waals surface area (Å²) in [5, 5.41) is 0. The molecule has 0 aromatic heterocycles. The van der Waals surface area contributed by atoms with Crippen LogP contribution in [-0.4, -0.2) is 19.1 Å². The first kappa shape index (κ1) is 17.5. The van der Waals surface area contributed by atoms with Crippen LogP contribution in [0.3, 0.4) is 0 Å². The van der Waals surface area contributed by atoms with E-state index in [4.69, 9.17) is 4.74 Å². The normalized spacial score (nSPS) is 14.2. The smallest absolute Gasteiger partial charge is 0.264 e. The second-order valence-corrected chi connectivity index (χ2v) is 7.82. The summed E-state index contributed by atoms with van der Waals surface area (Å²) in [7, 11) is 0. The zero-order valence-corrected chi connectivity index (χ0v) is 15.6. The molecule has 0 saturated carbocycles. The highest BCUT2D eigenvalue weighted by Gasteiger charge is 2.24. The first-order valence-corrected chi connectivity index (χ1v) is 8.98. The van der Waals surface area contributed by atoms with Crippen molar-refractivity contribution >= 4 is 11.6 Å². The monoisotopic (exact) mass is 337 g/mol. The number of hydrogen-bond acceptors (Lipinski definition) is 2. The molecule has 3 nitrogen and oxygen atoms in total. The third kappa shape index (κ3) is 3.87. The summed E-state index contributed by atoms with van der Waals surface area (Å²) in [4.78, 5) is 14.6. The summed E-state index contributed by atoms with van der Waals surface area (Å²) < 4.78 is 5.98. The fraction of sp³-hybridized carbons (Fsp3) is 0.409. The molecule has 1 amide bonds. The van der Waals surface area contributed by atoms with Crippen molar-refractivity contribution in [2.75, 3.05) is 18.1 Å². The molecule has 1 aliphatic heterocycles. The van der Waals surface area contributed by atoms with Crippen LogP contribution in [-0.2, 0) is 16.6 Å². The maximum absolute atomic E-state index is 12.8.